The van der Waals surface area contributed by atoms with Crippen molar-refractivity contribution in [1.82, 2.24) is 20.3 Å². The van der Waals surface area contributed by atoms with Gasteiger partial charge in [-0.3, -0.25) is 4.98 Å². The molecule has 1 N–H and O–H groups in total. The molecule has 0 radical (unpaired) electrons. The highest BCUT2D eigenvalue weighted by Gasteiger charge is 2.25. The zero-order chi connectivity index (χ0) is 23.7. The predicted molar refractivity (Wildman–Crippen MR) is 127 cm³/mol. The molecule has 9 heteroatoms. The Morgan fingerprint density at radius 3 is 2.68 bits per heavy atom. The van der Waals surface area contributed by atoms with Crippen LogP contribution in [0.3, 0.4) is 0 Å². The number of pyridine rings is 1. The molecule has 0 atom stereocenters. The Bertz CT molecular complexity index is 1180. The van der Waals surface area contributed by atoms with Crippen LogP contribution in [0.15, 0.2) is 36.7 Å². The van der Waals surface area contributed by atoms with Gasteiger partial charge in [0.1, 0.15) is 18.1 Å². The van der Waals surface area contributed by atoms with Crippen LogP contribution in [0.5, 0.6) is 5.75 Å². The monoisotopic (exact) mass is 466 g/mol. The van der Waals surface area contributed by atoms with E-state index in [4.69, 9.17) is 4.74 Å². The fourth-order valence-electron chi connectivity index (χ4n) is 4.51. The molecule has 0 bridgehead atoms. The quantitative estimate of drug-likeness (QED) is 0.618. The van der Waals surface area contributed by atoms with Gasteiger partial charge in [-0.05, 0) is 38.1 Å². The minimum absolute atomic E-state index is 0.0687. The lowest BCUT2D eigenvalue weighted by Crippen LogP contribution is -2.43. The van der Waals surface area contributed by atoms with Crippen molar-refractivity contribution in [2.24, 2.45) is 0 Å². The third-order valence-electron chi connectivity index (χ3n) is 6.22. The highest BCUT2D eigenvalue weighted by atomic mass is 19.1. The molecule has 0 amide bonds. The smallest absolute Gasteiger partial charge is 0.178 e. The lowest BCUT2D eigenvalue weighted by Gasteiger charge is -2.34. The van der Waals surface area contributed by atoms with Gasteiger partial charge in [-0.2, -0.15) is 0 Å². The fraction of sp³-hybridized carbons (Fsp3) is 0.400. The predicted octanol–water partition coefficient (Wildman–Crippen LogP) is 3.42. The second kappa shape index (κ2) is 9.50. The van der Waals surface area contributed by atoms with Gasteiger partial charge in [-0.1, -0.05) is 0 Å². The summed E-state index contributed by atoms with van der Waals surface area (Å²) in [7, 11) is 0. The van der Waals surface area contributed by atoms with E-state index in [0.29, 0.717) is 36.6 Å². The molecule has 1 aromatic carbocycles. The Kier molecular flexibility index (Phi) is 6.28. The summed E-state index contributed by atoms with van der Waals surface area (Å²) >= 11 is 0. The SMILES string of the molecule is CC(C)N1CCOc2c(F)cc(-c3nc(Cc4cc(N5CCNCC5)ccn4)ncc3F)cc21. The van der Waals surface area contributed by atoms with Gasteiger partial charge in [0, 0.05) is 55.4 Å². The van der Waals surface area contributed by atoms with Gasteiger partial charge in [0.05, 0.1) is 24.8 Å². The summed E-state index contributed by atoms with van der Waals surface area (Å²) in [6.07, 6.45) is 3.27. The number of piperazine rings is 1. The number of ether oxygens (including phenoxy) is 1. The molecule has 2 aromatic heterocycles. The van der Waals surface area contributed by atoms with Gasteiger partial charge in [-0.15, -0.1) is 0 Å². The van der Waals surface area contributed by atoms with E-state index in [1.165, 1.54) is 6.07 Å². The molecular formula is C25H28F2N6O. The molecule has 178 valence electrons. The molecule has 2 aliphatic rings. The van der Waals surface area contributed by atoms with Crippen LogP contribution < -0.4 is 19.9 Å². The van der Waals surface area contributed by atoms with Crippen molar-refractivity contribution in [2.75, 3.05) is 49.1 Å². The number of hydrogen-bond acceptors (Lipinski definition) is 7. The van der Waals surface area contributed by atoms with Gasteiger partial charge in [0.15, 0.2) is 17.4 Å². The molecule has 0 unspecified atom stereocenters. The van der Waals surface area contributed by atoms with E-state index in [2.05, 4.69) is 30.1 Å². The Hall–Kier alpha value is -3.33. The lowest BCUT2D eigenvalue weighted by molar-refractivity contribution is 0.287. The first kappa shape index (κ1) is 22.5. The summed E-state index contributed by atoms with van der Waals surface area (Å²) < 4.78 is 35.3. The topological polar surface area (TPSA) is 66.4 Å². The highest BCUT2D eigenvalue weighted by molar-refractivity contribution is 5.72. The van der Waals surface area contributed by atoms with Gasteiger partial charge in [0.25, 0.3) is 0 Å². The Labute approximate surface area is 197 Å². The zero-order valence-corrected chi connectivity index (χ0v) is 19.4. The summed E-state index contributed by atoms with van der Waals surface area (Å²) in [6.45, 7) is 8.86. The summed E-state index contributed by atoms with van der Waals surface area (Å²) in [5, 5.41) is 3.35. The van der Waals surface area contributed by atoms with Gasteiger partial charge >= 0.3 is 0 Å². The number of hydrogen-bond donors (Lipinski definition) is 1. The van der Waals surface area contributed by atoms with Crippen molar-refractivity contribution in [3.63, 3.8) is 0 Å². The van der Waals surface area contributed by atoms with Crippen molar-refractivity contribution in [3.05, 3.63) is 59.8 Å². The summed E-state index contributed by atoms with van der Waals surface area (Å²) in [5.41, 5.74) is 2.93. The molecule has 34 heavy (non-hydrogen) atoms. The maximum absolute atomic E-state index is 14.9. The molecule has 7 nitrogen and oxygen atoms in total. The van der Waals surface area contributed by atoms with E-state index in [1.807, 2.05) is 26.0 Å². The van der Waals surface area contributed by atoms with Gasteiger partial charge < -0.3 is 19.9 Å². The van der Waals surface area contributed by atoms with Gasteiger partial charge in [0.2, 0.25) is 0 Å². The first-order valence-electron chi connectivity index (χ1n) is 11.6. The first-order valence-corrected chi connectivity index (χ1v) is 11.6. The Morgan fingerprint density at radius 2 is 1.88 bits per heavy atom. The molecular weight excluding hydrogens is 438 g/mol. The normalized spacial score (nSPS) is 15.9. The van der Waals surface area contributed by atoms with Crippen molar-refractivity contribution >= 4 is 11.4 Å². The van der Waals surface area contributed by atoms with Crippen LogP contribution in [0.4, 0.5) is 20.2 Å². The molecule has 1 fully saturated rings. The summed E-state index contributed by atoms with van der Waals surface area (Å²) in [6, 6.07) is 7.19. The van der Waals surface area contributed by atoms with Crippen LogP contribution in [-0.4, -0.2) is 60.3 Å². The maximum Gasteiger partial charge on any atom is 0.178 e. The van der Waals surface area contributed by atoms with E-state index < -0.39 is 11.6 Å². The zero-order valence-electron chi connectivity index (χ0n) is 19.4. The molecule has 2 aliphatic heterocycles. The van der Waals surface area contributed by atoms with Crippen molar-refractivity contribution < 1.29 is 13.5 Å². The van der Waals surface area contributed by atoms with Crippen molar-refractivity contribution in [2.45, 2.75) is 26.3 Å². The molecule has 5 rings (SSSR count). The number of nitrogens with zero attached hydrogens (tertiary/aromatic N) is 5. The number of halogens is 2. The number of rotatable bonds is 5. The maximum atomic E-state index is 14.9. The largest absolute Gasteiger partial charge is 0.486 e. The van der Waals surface area contributed by atoms with Crippen molar-refractivity contribution in [1.29, 1.82) is 0 Å². The molecule has 3 aromatic rings. The minimum Gasteiger partial charge on any atom is -0.486 e. The molecule has 1 saturated heterocycles. The highest BCUT2D eigenvalue weighted by Crippen LogP contribution is 2.39. The Balaban J connectivity index is 1.45. The standard InChI is InChI=1S/C25H28F2N6O/c1-16(2)33-9-10-34-25-20(26)11-17(12-22(25)33)24-21(27)15-30-23(31-24)14-18-13-19(3-4-29-18)32-7-5-28-6-8-32/h3-4,11-13,15-16,28H,5-10,14H2,1-2H3. The van der Waals surface area contributed by atoms with E-state index >= 15 is 0 Å². The number of anilines is 2. The number of nitrogens with one attached hydrogen (secondary N) is 1. The summed E-state index contributed by atoms with van der Waals surface area (Å²) in [5.74, 6) is -0.495. The molecule has 0 aliphatic carbocycles. The molecule has 0 saturated carbocycles. The average molecular weight is 467 g/mol. The van der Waals surface area contributed by atoms with Crippen LogP contribution in [0.1, 0.15) is 25.4 Å². The number of fused-ring (bicyclic) bond motifs is 1. The number of benzene rings is 1. The molecule has 0 spiro atoms. The third kappa shape index (κ3) is 4.52. The molecule has 4 heterocycles. The number of aromatic nitrogens is 3. The second-order valence-corrected chi connectivity index (χ2v) is 8.84. The van der Waals surface area contributed by atoms with Crippen LogP contribution >= 0.6 is 0 Å². The van der Waals surface area contributed by atoms with Crippen LogP contribution in [0, 0.1) is 11.6 Å². The van der Waals surface area contributed by atoms with Crippen molar-refractivity contribution in [3.8, 4) is 17.0 Å². The fourth-order valence-corrected chi connectivity index (χ4v) is 4.51. The van der Waals surface area contributed by atoms with Crippen LogP contribution in [0.2, 0.25) is 0 Å². The lowest BCUT2D eigenvalue weighted by atomic mass is 10.1. The van der Waals surface area contributed by atoms with Gasteiger partial charge in [-0.25, -0.2) is 18.7 Å². The van der Waals surface area contributed by atoms with E-state index in [-0.39, 0.29) is 17.5 Å². The first-order chi connectivity index (χ1) is 16.5. The van der Waals surface area contributed by atoms with Crippen LogP contribution in [-0.2, 0) is 6.42 Å². The van der Waals surface area contributed by atoms with E-state index in [1.54, 1.807) is 12.3 Å². The van der Waals surface area contributed by atoms with E-state index in [9.17, 15) is 8.78 Å². The van der Waals surface area contributed by atoms with E-state index in [0.717, 1.165) is 43.8 Å². The average Bonchev–Trinajstić information content (AvgIpc) is 2.85. The second-order valence-electron chi connectivity index (χ2n) is 8.84. The third-order valence-corrected chi connectivity index (χ3v) is 6.22. The van der Waals surface area contributed by atoms with Crippen LogP contribution in [0.25, 0.3) is 11.3 Å². The minimum atomic E-state index is -0.599. The Morgan fingerprint density at radius 1 is 1.06 bits per heavy atom. The summed E-state index contributed by atoms with van der Waals surface area (Å²) in [4.78, 5) is 17.5.